The molecule has 10 heteroatoms. The van der Waals surface area contributed by atoms with Crippen molar-refractivity contribution >= 4 is 50.2 Å². The van der Waals surface area contributed by atoms with Gasteiger partial charge in [0.15, 0.2) is 9.84 Å². The van der Waals surface area contributed by atoms with E-state index in [1.807, 2.05) is 13.0 Å². The number of aromatic hydroxyl groups is 1. The van der Waals surface area contributed by atoms with Crippen LogP contribution in [0.25, 0.3) is 5.57 Å². The van der Waals surface area contributed by atoms with E-state index in [0.29, 0.717) is 5.56 Å². The van der Waals surface area contributed by atoms with Gasteiger partial charge in [0.25, 0.3) is 0 Å². The number of allylic oxidation sites excluding steroid dienone is 1. The van der Waals surface area contributed by atoms with Crippen LogP contribution in [-0.4, -0.2) is 30.6 Å². The molecule has 37 heavy (non-hydrogen) atoms. The second-order valence-electron chi connectivity index (χ2n) is 8.12. The summed E-state index contributed by atoms with van der Waals surface area (Å²) < 4.78 is 26.1. The van der Waals surface area contributed by atoms with Gasteiger partial charge in [0.1, 0.15) is 11.0 Å². The number of amides is 2. The number of phenolic OH excluding ortho intramolecular Hbond substituents is 1. The summed E-state index contributed by atoms with van der Waals surface area (Å²) in [5.41, 5.74) is 1.45. The number of phenols is 1. The van der Waals surface area contributed by atoms with Crippen LogP contribution >= 0.6 is 11.6 Å². The van der Waals surface area contributed by atoms with E-state index in [0.717, 1.165) is 17.7 Å². The average molecular weight is 538 g/mol. The number of sulfone groups is 1. The average Bonchev–Trinajstić information content (AvgIpc) is 2.86. The summed E-state index contributed by atoms with van der Waals surface area (Å²) in [4.78, 5) is 25.4. The molecule has 3 rings (SSSR count). The zero-order chi connectivity index (χ0) is 27.2. The van der Waals surface area contributed by atoms with Gasteiger partial charge in [-0.15, -0.1) is 0 Å². The second kappa shape index (κ2) is 11.7. The fraction of sp³-hybridized carbons (Fsp3) is 0.148. The monoisotopic (exact) mass is 537 g/mol. The number of hydrogen-bond donors (Lipinski definition) is 3. The van der Waals surface area contributed by atoms with Crippen molar-refractivity contribution in [3.63, 3.8) is 0 Å². The lowest BCUT2D eigenvalue weighted by Crippen LogP contribution is -2.34. The Balaban J connectivity index is 1.79. The van der Waals surface area contributed by atoms with Crippen LogP contribution < -0.4 is 10.6 Å². The minimum Gasteiger partial charge on any atom is -0.506 e. The summed E-state index contributed by atoms with van der Waals surface area (Å²) in [7, 11) is -3.98. The number of aryl methyl sites for hydroxylation is 1. The fourth-order valence-electron chi connectivity index (χ4n) is 3.51. The summed E-state index contributed by atoms with van der Waals surface area (Å²) in [6, 6.07) is 19.0. The molecule has 1 atom stereocenters. The molecule has 2 amide bonds. The lowest BCUT2D eigenvalue weighted by molar-refractivity contribution is -0.116. The van der Waals surface area contributed by atoms with Gasteiger partial charge < -0.3 is 15.7 Å². The van der Waals surface area contributed by atoms with E-state index < -0.39 is 32.7 Å². The van der Waals surface area contributed by atoms with Gasteiger partial charge in [-0.1, -0.05) is 66.6 Å². The summed E-state index contributed by atoms with van der Waals surface area (Å²) in [6.45, 7) is 3.40. The molecule has 3 aromatic carbocycles. The second-order valence-corrected chi connectivity index (χ2v) is 10.7. The zero-order valence-electron chi connectivity index (χ0n) is 20.0. The van der Waals surface area contributed by atoms with Gasteiger partial charge in [0.05, 0.1) is 32.9 Å². The first-order valence-corrected chi connectivity index (χ1v) is 13.1. The Bertz CT molecular complexity index is 1500. The highest BCUT2D eigenvalue weighted by Crippen LogP contribution is 2.34. The van der Waals surface area contributed by atoms with Crippen LogP contribution in [0.1, 0.15) is 24.5 Å². The molecule has 0 fully saturated rings. The highest BCUT2D eigenvalue weighted by Gasteiger charge is 2.33. The Hall–Kier alpha value is -4.13. The molecule has 0 saturated carbocycles. The largest absolute Gasteiger partial charge is 0.506 e. The Kier molecular flexibility index (Phi) is 8.71. The first-order valence-electron chi connectivity index (χ1n) is 11.2. The molecule has 0 aliphatic rings. The molecule has 1 unspecified atom stereocenters. The first kappa shape index (κ1) is 27.5. The van der Waals surface area contributed by atoms with Crippen LogP contribution in [0.3, 0.4) is 0 Å². The highest BCUT2D eigenvalue weighted by atomic mass is 35.5. The third-order valence-electron chi connectivity index (χ3n) is 5.47. The van der Waals surface area contributed by atoms with Gasteiger partial charge in [-0.2, -0.15) is 5.26 Å². The molecule has 8 nitrogen and oxygen atoms in total. The maximum Gasteiger partial charge on any atom is 0.249 e. The smallest absolute Gasteiger partial charge is 0.249 e. The van der Waals surface area contributed by atoms with E-state index in [1.165, 1.54) is 18.2 Å². The number of nitriles is 1. The van der Waals surface area contributed by atoms with Crippen LogP contribution in [0.5, 0.6) is 5.75 Å². The maximum atomic E-state index is 13.0. The number of hydrogen-bond acceptors (Lipinski definition) is 6. The summed E-state index contributed by atoms with van der Waals surface area (Å²) in [6.07, 6.45) is 1.09. The molecular weight excluding hydrogens is 514 g/mol. The van der Waals surface area contributed by atoms with Crippen LogP contribution in [0, 0.1) is 18.3 Å². The molecular formula is C27H24ClN3O5S. The third-order valence-corrected chi connectivity index (χ3v) is 8.01. The van der Waals surface area contributed by atoms with Crippen molar-refractivity contribution in [3.05, 3.63) is 89.0 Å². The number of anilines is 2. The number of nitrogens with zero attached hydrogens (tertiary/aromatic N) is 1. The van der Waals surface area contributed by atoms with Gasteiger partial charge in [-0.3, -0.25) is 9.59 Å². The van der Waals surface area contributed by atoms with Gasteiger partial charge >= 0.3 is 0 Å². The van der Waals surface area contributed by atoms with E-state index in [2.05, 4.69) is 10.6 Å². The maximum absolute atomic E-state index is 13.0. The van der Waals surface area contributed by atoms with Crippen molar-refractivity contribution in [2.24, 2.45) is 0 Å². The van der Waals surface area contributed by atoms with Crippen LogP contribution in [0.15, 0.2) is 77.7 Å². The topological polar surface area (TPSA) is 136 Å². The quantitative estimate of drug-likeness (QED) is 0.208. The van der Waals surface area contributed by atoms with Crippen molar-refractivity contribution in [1.29, 1.82) is 5.26 Å². The SMILES string of the molecule is CCC(C(=O)Nc1cc(O)c(NC(=O)/C=C(\C#N)c2ccccc2)cc1Cl)S(=O)(=O)c1ccc(C)cc1. The molecule has 3 N–H and O–H groups in total. The Morgan fingerprint density at radius 3 is 2.30 bits per heavy atom. The lowest BCUT2D eigenvalue weighted by atomic mass is 10.1. The molecule has 0 heterocycles. The molecule has 3 aromatic rings. The summed E-state index contributed by atoms with van der Waals surface area (Å²) in [5.74, 6) is -1.92. The molecule has 0 saturated heterocycles. The molecule has 190 valence electrons. The van der Waals surface area contributed by atoms with Gasteiger partial charge in [-0.25, -0.2) is 8.42 Å². The fourth-order valence-corrected chi connectivity index (χ4v) is 5.34. The van der Waals surface area contributed by atoms with Gasteiger partial charge in [0, 0.05) is 12.1 Å². The molecule has 0 aromatic heterocycles. The van der Waals surface area contributed by atoms with E-state index >= 15 is 0 Å². The van der Waals surface area contributed by atoms with Crippen molar-refractivity contribution in [1.82, 2.24) is 0 Å². The third kappa shape index (κ3) is 6.55. The van der Waals surface area contributed by atoms with Crippen molar-refractivity contribution < 1.29 is 23.1 Å². The molecule has 0 bridgehead atoms. The normalized spacial score (nSPS) is 12.3. The Morgan fingerprint density at radius 1 is 1.05 bits per heavy atom. The van der Waals surface area contributed by atoms with Crippen LogP contribution in [-0.2, 0) is 19.4 Å². The number of nitrogens with one attached hydrogen (secondary N) is 2. The minimum absolute atomic E-state index is 0.00869. The summed E-state index contributed by atoms with van der Waals surface area (Å²) >= 11 is 6.26. The highest BCUT2D eigenvalue weighted by molar-refractivity contribution is 7.92. The van der Waals surface area contributed by atoms with Crippen molar-refractivity contribution in [2.75, 3.05) is 10.6 Å². The zero-order valence-corrected chi connectivity index (χ0v) is 21.6. The number of rotatable bonds is 8. The number of benzene rings is 3. The lowest BCUT2D eigenvalue weighted by Gasteiger charge is -2.17. The molecule has 0 aliphatic carbocycles. The van der Waals surface area contributed by atoms with E-state index in [-0.39, 0.29) is 33.3 Å². The Labute approximate surface area is 220 Å². The molecule has 0 spiro atoms. The first-order chi connectivity index (χ1) is 17.6. The van der Waals surface area contributed by atoms with Gasteiger partial charge in [0.2, 0.25) is 11.8 Å². The van der Waals surface area contributed by atoms with Crippen LogP contribution in [0.4, 0.5) is 11.4 Å². The minimum atomic E-state index is -3.98. The number of carbonyl (C=O) groups excluding carboxylic acids is 2. The van der Waals surface area contributed by atoms with Crippen molar-refractivity contribution in [3.8, 4) is 11.8 Å². The van der Waals surface area contributed by atoms with E-state index in [1.54, 1.807) is 49.4 Å². The predicted octanol–water partition coefficient (Wildman–Crippen LogP) is 5.09. The van der Waals surface area contributed by atoms with E-state index in [9.17, 15) is 28.4 Å². The predicted molar refractivity (Wildman–Crippen MR) is 143 cm³/mol. The molecule has 0 aliphatic heterocycles. The number of carbonyl (C=O) groups is 2. The Morgan fingerprint density at radius 2 is 1.70 bits per heavy atom. The van der Waals surface area contributed by atoms with Crippen LogP contribution in [0.2, 0.25) is 5.02 Å². The summed E-state index contributed by atoms with van der Waals surface area (Å²) in [5, 5.41) is 23.2. The van der Waals surface area contributed by atoms with Crippen molar-refractivity contribution in [2.45, 2.75) is 30.4 Å². The molecule has 0 radical (unpaired) electrons. The number of halogens is 1. The van der Waals surface area contributed by atoms with E-state index in [4.69, 9.17) is 11.6 Å². The van der Waals surface area contributed by atoms with Gasteiger partial charge in [-0.05, 0) is 37.1 Å². The standard InChI is InChI=1S/C27H24ClN3O5S/c1-3-25(37(35,36)20-11-9-17(2)10-12-20)27(34)31-22-15-24(32)23(14-21(22)28)30-26(33)13-19(16-29)18-7-5-4-6-8-18/h4-15,25,32H,3H2,1-2H3,(H,30,33)(H,31,34)/b19-13+.